The standard InChI is InChI=1S/C14H16FN3/c1-4-7-16-14-17-11(3)9-18(14)13-8-12(15)6-5-10(13)2/h4-6,8-9H,1,7H2,2-3H3,(H,16,17). The Bertz CT molecular complexity index is 572. The van der Waals surface area contributed by atoms with Gasteiger partial charge in [0.15, 0.2) is 0 Å². The molecule has 94 valence electrons. The van der Waals surface area contributed by atoms with Gasteiger partial charge in [-0.3, -0.25) is 4.57 Å². The van der Waals surface area contributed by atoms with E-state index in [4.69, 9.17) is 0 Å². The van der Waals surface area contributed by atoms with E-state index in [2.05, 4.69) is 16.9 Å². The Kier molecular flexibility index (Phi) is 3.46. The van der Waals surface area contributed by atoms with E-state index < -0.39 is 0 Å². The summed E-state index contributed by atoms with van der Waals surface area (Å²) in [6.07, 6.45) is 3.64. The molecule has 0 aliphatic rings. The summed E-state index contributed by atoms with van der Waals surface area (Å²) in [7, 11) is 0. The number of hydrogen-bond donors (Lipinski definition) is 1. The minimum Gasteiger partial charge on any atom is -0.352 e. The highest BCUT2D eigenvalue weighted by molar-refractivity contribution is 5.48. The molecule has 4 heteroatoms. The van der Waals surface area contributed by atoms with E-state index in [0.29, 0.717) is 12.5 Å². The van der Waals surface area contributed by atoms with Crippen molar-refractivity contribution in [1.82, 2.24) is 9.55 Å². The molecule has 0 bridgehead atoms. The highest BCUT2D eigenvalue weighted by Crippen LogP contribution is 2.20. The molecule has 0 amide bonds. The zero-order valence-corrected chi connectivity index (χ0v) is 10.6. The van der Waals surface area contributed by atoms with Crippen LogP contribution in [0.15, 0.2) is 37.1 Å². The maximum Gasteiger partial charge on any atom is 0.208 e. The van der Waals surface area contributed by atoms with E-state index in [1.54, 1.807) is 12.1 Å². The topological polar surface area (TPSA) is 29.9 Å². The van der Waals surface area contributed by atoms with Gasteiger partial charge in [-0.15, -0.1) is 6.58 Å². The van der Waals surface area contributed by atoms with Crippen LogP contribution in [0.4, 0.5) is 10.3 Å². The molecule has 0 fully saturated rings. The van der Waals surface area contributed by atoms with Crippen molar-refractivity contribution in [3.63, 3.8) is 0 Å². The molecular formula is C14H16FN3. The summed E-state index contributed by atoms with van der Waals surface area (Å²) in [6, 6.07) is 4.73. The quantitative estimate of drug-likeness (QED) is 0.838. The Morgan fingerprint density at radius 2 is 2.22 bits per heavy atom. The van der Waals surface area contributed by atoms with Crippen molar-refractivity contribution in [2.75, 3.05) is 11.9 Å². The molecule has 0 unspecified atom stereocenters. The molecule has 18 heavy (non-hydrogen) atoms. The molecule has 0 radical (unpaired) electrons. The summed E-state index contributed by atoms with van der Waals surface area (Å²) in [5.74, 6) is 0.442. The van der Waals surface area contributed by atoms with Crippen molar-refractivity contribution in [1.29, 1.82) is 0 Å². The van der Waals surface area contributed by atoms with Gasteiger partial charge in [0.2, 0.25) is 5.95 Å². The first-order valence-electron chi connectivity index (χ1n) is 5.79. The normalized spacial score (nSPS) is 10.4. The highest BCUT2D eigenvalue weighted by Gasteiger charge is 2.09. The SMILES string of the molecule is C=CCNc1nc(C)cn1-c1cc(F)ccc1C. The van der Waals surface area contributed by atoms with Crippen LogP contribution in [0.2, 0.25) is 0 Å². The second-order valence-electron chi connectivity index (χ2n) is 4.18. The summed E-state index contributed by atoms with van der Waals surface area (Å²) in [5, 5.41) is 3.14. The van der Waals surface area contributed by atoms with Crippen molar-refractivity contribution in [2.45, 2.75) is 13.8 Å². The first kappa shape index (κ1) is 12.4. The molecule has 1 N–H and O–H groups in total. The predicted octanol–water partition coefficient (Wildman–Crippen LogP) is 3.23. The number of nitrogens with one attached hydrogen (secondary N) is 1. The van der Waals surface area contributed by atoms with Gasteiger partial charge in [-0.1, -0.05) is 12.1 Å². The van der Waals surface area contributed by atoms with Crippen LogP contribution in [0.1, 0.15) is 11.3 Å². The highest BCUT2D eigenvalue weighted by atomic mass is 19.1. The van der Waals surface area contributed by atoms with E-state index in [9.17, 15) is 4.39 Å². The molecular weight excluding hydrogens is 229 g/mol. The molecule has 0 aliphatic heterocycles. The lowest BCUT2D eigenvalue weighted by Crippen LogP contribution is -2.06. The van der Waals surface area contributed by atoms with Gasteiger partial charge in [0.05, 0.1) is 11.4 Å². The van der Waals surface area contributed by atoms with Gasteiger partial charge in [-0.05, 0) is 31.5 Å². The largest absolute Gasteiger partial charge is 0.352 e. The number of hydrogen-bond acceptors (Lipinski definition) is 2. The van der Waals surface area contributed by atoms with Crippen LogP contribution in [0.5, 0.6) is 0 Å². The Morgan fingerprint density at radius 1 is 1.44 bits per heavy atom. The fourth-order valence-corrected chi connectivity index (χ4v) is 1.81. The number of aromatic nitrogens is 2. The number of aryl methyl sites for hydroxylation is 2. The molecule has 1 aromatic carbocycles. The van der Waals surface area contributed by atoms with Gasteiger partial charge in [-0.2, -0.15) is 0 Å². The molecule has 0 atom stereocenters. The van der Waals surface area contributed by atoms with Gasteiger partial charge >= 0.3 is 0 Å². The van der Waals surface area contributed by atoms with Crippen LogP contribution < -0.4 is 5.32 Å². The summed E-state index contributed by atoms with van der Waals surface area (Å²) < 4.78 is 15.2. The molecule has 2 rings (SSSR count). The number of benzene rings is 1. The Labute approximate surface area is 106 Å². The lowest BCUT2D eigenvalue weighted by molar-refractivity contribution is 0.626. The minimum absolute atomic E-state index is 0.253. The Balaban J connectivity index is 2.48. The maximum absolute atomic E-state index is 13.4. The van der Waals surface area contributed by atoms with Crippen LogP contribution in [0.3, 0.4) is 0 Å². The third-order valence-electron chi connectivity index (χ3n) is 2.66. The van der Waals surface area contributed by atoms with Crippen LogP contribution in [0.25, 0.3) is 5.69 Å². The monoisotopic (exact) mass is 245 g/mol. The number of imidazole rings is 1. The third-order valence-corrected chi connectivity index (χ3v) is 2.66. The Hall–Kier alpha value is -2.10. The first-order chi connectivity index (χ1) is 8.61. The molecule has 0 aliphatic carbocycles. The second-order valence-corrected chi connectivity index (χ2v) is 4.18. The molecule has 2 aromatic rings. The second kappa shape index (κ2) is 5.04. The van der Waals surface area contributed by atoms with E-state index in [-0.39, 0.29) is 5.82 Å². The van der Waals surface area contributed by atoms with E-state index in [0.717, 1.165) is 16.9 Å². The van der Waals surface area contributed by atoms with Gasteiger partial charge in [0.25, 0.3) is 0 Å². The van der Waals surface area contributed by atoms with Crippen molar-refractivity contribution in [2.24, 2.45) is 0 Å². The van der Waals surface area contributed by atoms with E-state index in [1.165, 1.54) is 12.1 Å². The molecule has 1 aromatic heterocycles. The zero-order chi connectivity index (χ0) is 13.1. The van der Waals surface area contributed by atoms with Crippen LogP contribution in [-0.2, 0) is 0 Å². The summed E-state index contributed by atoms with van der Waals surface area (Å²) in [5.41, 5.74) is 2.67. The number of halogens is 1. The predicted molar refractivity (Wildman–Crippen MR) is 71.7 cm³/mol. The number of nitrogens with zero attached hydrogens (tertiary/aromatic N) is 2. The van der Waals surface area contributed by atoms with Crippen LogP contribution in [0, 0.1) is 19.7 Å². The summed E-state index contributed by atoms with van der Waals surface area (Å²) in [6.45, 7) is 8.13. The van der Waals surface area contributed by atoms with Gasteiger partial charge in [-0.25, -0.2) is 9.37 Å². The first-order valence-corrected chi connectivity index (χ1v) is 5.79. The molecule has 3 nitrogen and oxygen atoms in total. The summed E-state index contributed by atoms with van der Waals surface area (Å²) in [4.78, 5) is 4.38. The number of anilines is 1. The average molecular weight is 245 g/mol. The number of rotatable bonds is 4. The third kappa shape index (κ3) is 2.42. The van der Waals surface area contributed by atoms with Crippen LogP contribution in [-0.4, -0.2) is 16.1 Å². The fraction of sp³-hybridized carbons (Fsp3) is 0.214. The minimum atomic E-state index is -0.253. The van der Waals surface area contributed by atoms with Crippen molar-refractivity contribution < 1.29 is 4.39 Å². The lowest BCUT2D eigenvalue weighted by Gasteiger charge is -2.11. The smallest absolute Gasteiger partial charge is 0.208 e. The van der Waals surface area contributed by atoms with E-state index in [1.807, 2.05) is 24.6 Å². The van der Waals surface area contributed by atoms with Gasteiger partial charge in [0.1, 0.15) is 5.82 Å². The zero-order valence-electron chi connectivity index (χ0n) is 10.6. The van der Waals surface area contributed by atoms with Crippen LogP contribution >= 0.6 is 0 Å². The Morgan fingerprint density at radius 3 is 2.94 bits per heavy atom. The summed E-state index contributed by atoms with van der Waals surface area (Å²) >= 11 is 0. The molecule has 0 saturated heterocycles. The van der Waals surface area contributed by atoms with Crippen molar-refractivity contribution >= 4 is 5.95 Å². The molecule has 0 spiro atoms. The van der Waals surface area contributed by atoms with Crippen molar-refractivity contribution in [3.8, 4) is 5.69 Å². The average Bonchev–Trinajstić information content (AvgIpc) is 2.71. The lowest BCUT2D eigenvalue weighted by atomic mass is 10.2. The van der Waals surface area contributed by atoms with Crippen molar-refractivity contribution in [3.05, 3.63) is 54.1 Å². The van der Waals surface area contributed by atoms with E-state index >= 15 is 0 Å². The molecule has 1 heterocycles. The van der Waals surface area contributed by atoms with Gasteiger partial charge < -0.3 is 5.32 Å². The van der Waals surface area contributed by atoms with Gasteiger partial charge in [0, 0.05) is 12.7 Å². The fourth-order valence-electron chi connectivity index (χ4n) is 1.81. The maximum atomic E-state index is 13.4. The molecule has 0 saturated carbocycles.